The molecule has 18 heteroatoms. The number of nitrogens with two attached hydrogens (primary N) is 2. The molecule has 0 radical (unpaired) electrons. The highest BCUT2D eigenvalue weighted by molar-refractivity contribution is 7.98. The van der Waals surface area contributed by atoms with Crippen molar-refractivity contribution in [2.45, 2.75) is 77.3 Å². The normalized spacial score (nSPS) is 14.8. The Labute approximate surface area is 248 Å². The summed E-state index contributed by atoms with van der Waals surface area (Å²) in [6, 6.07) is -6.00. The summed E-state index contributed by atoms with van der Waals surface area (Å²) in [5, 5.41) is 16.6. The summed E-state index contributed by atoms with van der Waals surface area (Å²) < 4.78 is 0. The molecular weight excluding hydrogens is 574 g/mol. The Morgan fingerprint density at radius 3 is 1.33 bits per heavy atom. The van der Waals surface area contributed by atoms with E-state index in [0.29, 0.717) is 12.2 Å². The average molecular weight is 618 g/mol. The molecule has 0 saturated heterocycles. The lowest BCUT2D eigenvalue weighted by Gasteiger charge is -2.21. The third-order valence-corrected chi connectivity index (χ3v) is 6.25. The van der Waals surface area contributed by atoms with Crippen molar-refractivity contribution in [1.82, 2.24) is 37.2 Å². The summed E-state index contributed by atoms with van der Waals surface area (Å²) in [6.07, 6.45) is 2.32. The van der Waals surface area contributed by atoms with E-state index in [4.69, 9.17) is 11.5 Å². The monoisotopic (exact) mass is 617 g/mol. The number of carbonyl (C=O) groups excluding carboxylic acids is 8. The first-order valence-electron chi connectivity index (χ1n) is 13.1. The molecule has 11 N–H and O–H groups in total. The van der Waals surface area contributed by atoms with Crippen LogP contribution in [0.15, 0.2) is 0 Å². The molecule has 0 aliphatic heterocycles. The molecule has 238 valence electrons. The Morgan fingerprint density at radius 2 is 0.929 bits per heavy atom. The maximum Gasteiger partial charge on any atom is 0.242 e. The molecule has 0 spiro atoms. The van der Waals surface area contributed by atoms with Gasteiger partial charge in [0, 0.05) is 0 Å². The zero-order valence-electron chi connectivity index (χ0n) is 24.6. The Bertz CT molecular complexity index is 1010. The van der Waals surface area contributed by atoms with Crippen molar-refractivity contribution in [3.8, 4) is 0 Å². The van der Waals surface area contributed by atoms with Crippen LogP contribution in [0.2, 0.25) is 0 Å². The van der Waals surface area contributed by atoms with Gasteiger partial charge in [0.15, 0.2) is 0 Å². The van der Waals surface area contributed by atoms with E-state index in [1.165, 1.54) is 46.4 Å². The highest BCUT2D eigenvalue weighted by Gasteiger charge is 2.26. The lowest BCUT2D eigenvalue weighted by molar-refractivity contribution is -0.134. The highest BCUT2D eigenvalue weighted by Crippen LogP contribution is 1.99. The van der Waals surface area contributed by atoms with E-state index in [1.54, 1.807) is 0 Å². The molecule has 0 aliphatic carbocycles. The van der Waals surface area contributed by atoms with Crippen LogP contribution in [-0.2, 0) is 38.4 Å². The smallest absolute Gasteiger partial charge is 0.242 e. The molecule has 0 saturated carbocycles. The van der Waals surface area contributed by atoms with Gasteiger partial charge in [-0.3, -0.25) is 38.4 Å². The fourth-order valence-electron chi connectivity index (χ4n) is 2.98. The second-order valence-corrected chi connectivity index (χ2v) is 10.5. The molecule has 17 nitrogen and oxygen atoms in total. The minimum absolute atomic E-state index is 0.400. The molecule has 0 fully saturated rings. The standard InChI is InChI=1S/C24H43N9O8S/c1-11(19(36)27-9-17(26)34)30-22(39)14(4)32-23(40)15(5)31-21(38)13(3)29-18(35)10-28-20(37)12(2)33-24(41)16(25)7-8-42-6/h11-16H,7-10,25H2,1-6H3,(H2,26,34)(H,27,36)(H,28,37)(H,29,35)(H,30,39)(H,31,38)(H,32,40)(H,33,41)/t11-,12-,13-,14-,15-,16-/m0/s1. The van der Waals surface area contributed by atoms with Gasteiger partial charge < -0.3 is 48.7 Å². The zero-order chi connectivity index (χ0) is 32.6. The van der Waals surface area contributed by atoms with Crippen LogP contribution in [0.25, 0.3) is 0 Å². The van der Waals surface area contributed by atoms with Gasteiger partial charge in [0.05, 0.1) is 19.1 Å². The number of hydrogen-bond acceptors (Lipinski definition) is 10. The molecular formula is C24H43N9O8S. The van der Waals surface area contributed by atoms with Gasteiger partial charge in [-0.15, -0.1) is 0 Å². The average Bonchev–Trinajstić information content (AvgIpc) is 2.92. The van der Waals surface area contributed by atoms with Crippen molar-refractivity contribution in [3.05, 3.63) is 0 Å². The maximum absolute atomic E-state index is 12.4. The molecule has 0 aromatic heterocycles. The molecule has 42 heavy (non-hydrogen) atoms. The molecule has 8 amide bonds. The largest absolute Gasteiger partial charge is 0.368 e. The number of amides is 8. The van der Waals surface area contributed by atoms with Crippen LogP contribution in [0.5, 0.6) is 0 Å². The number of rotatable bonds is 18. The summed E-state index contributed by atoms with van der Waals surface area (Å²) in [5.74, 6) is -4.67. The van der Waals surface area contributed by atoms with Crippen LogP contribution >= 0.6 is 11.8 Å². The minimum Gasteiger partial charge on any atom is -0.368 e. The first-order chi connectivity index (χ1) is 19.5. The third-order valence-electron chi connectivity index (χ3n) is 5.61. The number of nitrogens with one attached hydrogen (secondary N) is 7. The van der Waals surface area contributed by atoms with Gasteiger partial charge in [0.25, 0.3) is 0 Å². The van der Waals surface area contributed by atoms with Gasteiger partial charge in [-0.05, 0) is 53.0 Å². The molecule has 0 aromatic carbocycles. The van der Waals surface area contributed by atoms with Gasteiger partial charge >= 0.3 is 0 Å². The zero-order valence-corrected chi connectivity index (χ0v) is 25.4. The number of hydrogen-bond donors (Lipinski definition) is 9. The van der Waals surface area contributed by atoms with Crippen LogP contribution < -0.4 is 48.7 Å². The quantitative estimate of drug-likeness (QED) is 0.0709. The topological polar surface area (TPSA) is 273 Å². The van der Waals surface area contributed by atoms with Crippen molar-refractivity contribution in [1.29, 1.82) is 0 Å². The predicted octanol–water partition coefficient (Wildman–Crippen LogP) is -4.69. The lowest BCUT2D eigenvalue weighted by atomic mass is 10.2. The van der Waals surface area contributed by atoms with Crippen molar-refractivity contribution in [2.75, 3.05) is 25.1 Å². The fraction of sp³-hybridized carbons (Fsp3) is 0.667. The number of primary amides is 1. The molecule has 0 aromatic rings. The van der Waals surface area contributed by atoms with Gasteiger partial charge in [-0.2, -0.15) is 11.8 Å². The molecule has 0 bridgehead atoms. The molecule has 0 unspecified atom stereocenters. The summed E-state index contributed by atoms with van der Waals surface area (Å²) in [4.78, 5) is 96.2. The summed E-state index contributed by atoms with van der Waals surface area (Å²) in [6.45, 7) is 6.01. The van der Waals surface area contributed by atoms with Crippen LogP contribution in [0.1, 0.15) is 41.0 Å². The van der Waals surface area contributed by atoms with E-state index >= 15 is 0 Å². The van der Waals surface area contributed by atoms with Crippen molar-refractivity contribution >= 4 is 59.0 Å². The van der Waals surface area contributed by atoms with E-state index in [1.807, 2.05) is 6.26 Å². The predicted molar refractivity (Wildman–Crippen MR) is 154 cm³/mol. The Morgan fingerprint density at radius 1 is 0.571 bits per heavy atom. The SMILES string of the molecule is CSCC[C@H](N)C(=O)N[C@@H](C)C(=O)NCC(=O)N[C@@H](C)C(=O)N[C@@H](C)C(=O)N[C@@H](C)C(=O)N[C@@H](C)C(=O)NCC(N)=O. The Hall–Kier alpha value is -3.93. The highest BCUT2D eigenvalue weighted by atomic mass is 32.2. The molecule has 0 aliphatic rings. The van der Waals surface area contributed by atoms with Crippen molar-refractivity contribution < 1.29 is 38.4 Å². The van der Waals surface area contributed by atoms with Gasteiger partial charge in [-0.25, -0.2) is 0 Å². The number of thioether (sulfide) groups is 1. The van der Waals surface area contributed by atoms with E-state index in [2.05, 4.69) is 37.2 Å². The van der Waals surface area contributed by atoms with E-state index in [9.17, 15) is 38.4 Å². The van der Waals surface area contributed by atoms with Crippen LogP contribution in [0.4, 0.5) is 0 Å². The van der Waals surface area contributed by atoms with Gasteiger partial charge in [-0.1, -0.05) is 0 Å². The lowest BCUT2D eigenvalue weighted by Crippen LogP contribution is -2.56. The summed E-state index contributed by atoms with van der Waals surface area (Å²) in [7, 11) is 0. The maximum atomic E-state index is 12.4. The van der Waals surface area contributed by atoms with Crippen molar-refractivity contribution in [2.24, 2.45) is 11.5 Å². The van der Waals surface area contributed by atoms with Gasteiger partial charge in [0.2, 0.25) is 47.3 Å². The Kier molecular flexibility index (Phi) is 17.4. The first kappa shape index (κ1) is 38.1. The van der Waals surface area contributed by atoms with E-state index in [0.717, 1.165) is 0 Å². The third kappa shape index (κ3) is 15.2. The molecule has 0 rings (SSSR count). The van der Waals surface area contributed by atoms with E-state index in [-0.39, 0.29) is 0 Å². The van der Waals surface area contributed by atoms with Crippen LogP contribution in [-0.4, -0.2) is 109 Å². The van der Waals surface area contributed by atoms with E-state index < -0.39 is 96.6 Å². The molecule has 0 heterocycles. The van der Waals surface area contributed by atoms with Crippen molar-refractivity contribution in [3.63, 3.8) is 0 Å². The van der Waals surface area contributed by atoms with Crippen LogP contribution in [0.3, 0.4) is 0 Å². The molecule has 6 atom stereocenters. The summed E-state index contributed by atoms with van der Waals surface area (Å²) in [5.41, 5.74) is 10.7. The Balaban J connectivity index is 4.59. The second kappa shape index (κ2) is 19.2. The van der Waals surface area contributed by atoms with Crippen LogP contribution in [0, 0.1) is 0 Å². The summed E-state index contributed by atoms with van der Waals surface area (Å²) >= 11 is 1.53. The van der Waals surface area contributed by atoms with Gasteiger partial charge in [0.1, 0.15) is 30.2 Å². The minimum atomic E-state index is -1.10. The first-order valence-corrected chi connectivity index (χ1v) is 14.5. The fourth-order valence-corrected chi connectivity index (χ4v) is 3.47. The second-order valence-electron chi connectivity index (χ2n) is 9.50. The number of carbonyl (C=O) groups is 8.